The Morgan fingerprint density at radius 1 is 1.35 bits per heavy atom. The van der Waals surface area contributed by atoms with Crippen LogP contribution >= 0.6 is 15.9 Å². The molecule has 3 rings (SSSR count). The van der Waals surface area contributed by atoms with Gasteiger partial charge in [0.15, 0.2) is 0 Å². The van der Waals surface area contributed by atoms with Crippen LogP contribution in [0.4, 0.5) is 0 Å². The van der Waals surface area contributed by atoms with Crippen molar-refractivity contribution in [1.82, 2.24) is 4.72 Å². The molecule has 1 N–H and O–H groups in total. The van der Waals surface area contributed by atoms with Crippen LogP contribution in [-0.2, 0) is 32.4 Å². The summed E-state index contributed by atoms with van der Waals surface area (Å²) in [6, 6.07) is 6.47. The quantitative estimate of drug-likeness (QED) is 0.455. The van der Waals surface area contributed by atoms with Gasteiger partial charge in [-0.3, -0.25) is 0 Å². The topological polar surface area (TPSA) is 47.6 Å². The highest BCUT2D eigenvalue weighted by Crippen LogP contribution is 2.62. The summed E-state index contributed by atoms with van der Waals surface area (Å²) in [5.41, 5.74) is 1.54. The molecule has 174 valence electrons. The molecule has 1 fully saturated rings. The van der Waals surface area contributed by atoms with Crippen LogP contribution in [0.2, 0.25) is 0 Å². The number of methoxy groups -OCH3 is 1. The van der Waals surface area contributed by atoms with E-state index in [0.29, 0.717) is 18.3 Å². The first-order chi connectivity index (χ1) is 14.5. The van der Waals surface area contributed by atoms with Gasteiger partial charge in [0, 0.05) is 17.0 Å². The summed E-state index contributed by atoms with van der Waals surface area (Å²) in [6.45, 7) is 15.2. The smallest absolute Gasteiger partial charge is 0.118 e. The Morgan fingerprint density at radius 3 is 2.65 bits per heavy atom. The molecule has 0 saturated heterocycles. The summed E-state index contributed by atoms with van der Waals surface area (Å²) < 4.78 is 29.8. The fourth-order valence-electron chi connectivity index (χ4n) is 5.68. The van der Waals surface area contributed by atoms with Gasteiger partial charge in [0.1, 0.15) is 11.3 Å². The van der Waals surface area contributed by atoms with Gasteiger partial charge in [0.25, 0.3) is 0 Å². The van der Waals surface area contributed by atoms with Crippen molar-refractivity contribution in [3.63, 3.8) is 0 Å². The van der Waals surface area contributed by atoms with Crippen molar-refractivity contribution in [2.24, 2.45) is 11.3 Å². The highest BCUT2D eigenvalue weighted by Gasteiger charge is 2.63. The highest BCUT2D eigenvalue weighted by molar-refractivity contribution is 9.10. The zero-order valence-corrected chi connectivity index (χ0v) is 22.2. The molecule has 0 aromatic heterocycles. The molecule has 5 unspecified atom stereocenters. The standard InChI is InChI=1S/C25H38BrNO3S/c1-8-18-15-24(13-12-22(18)29-7)16-19-10-11-20(26)14-21(19)25(24,17(3)30-9-2)27-31(28)23(4,5)6/h10-11,14,18,22,27H,3,8-9,12-13,15-16H2,1-2,4-7H3. The lowest BCUT2D eigenvalue weighted by Crippen LogP contribution is -2.60. The molecule has 5 atom stereocenters. The van der Waals surface area contributed by atoms with Crippen LogP contribution in [0.3, 0.4) is 0 Å². The van der Waals surface area contributed by atoms with E-state index in [1.54, 1.807) is 0 Å². The van der Waals surface area contributed by atoms with E-state index in [1.165, 1.54) is 5.56 Å². The number of fused-ring (bicyclic) bond motifs is 1. The van der Waals surface area contributed by atoms with E-state index in [1.807, 2.05) is 34.8 Å². The molecule has 31 heavy (non-hydrogen) atoms. The first kappa shape index (κ1) is 24.9. The number of hydrogen-bond donors (Lipinski definition) is 1. The lowest BCUT2D eigenvalue weighted by atomic mass is 9.58. The van der Waals surface area contributed by atoms with Gasteiger partial charge in [0.05, 0.1) is 28.4 Å². The summed E-state index contributed by atoms with van der Waals surface area (Å²) in [5.74, 6) is 1.12. The third kappa shape index (κ3) is 4.30. The molecule has 1 spiro atoms. The Hall–Kier alpha value is -0.690. The minimum atomic E-state index is -1.29. The summed E-state index contributed by atoms with van der Waals surface area (Å²) in [5, 5.41) is 0. The number of ether oxygens (including phenoxy) is 2. The molecule has 2 aliphatic carbocycles. The third-order valence-electron chi connectivity index (χ3n) is 7.25. The molecule has 0 bridgehead atoms. The monoisotopic (exact) mass is 511 g/mol. The van der Waals surface area contributed by atoms with Crippen molar-refractivity contribution in [3.05, 3.63) is 46.1 Å². The molecule has 1 saturated carbocycles. The maximum atomic E-state index is 13.6. The Bertz CT molecular complexity index is 852. The molecule has 0 amide bonds. The third-order valence-corrected chi connectivity index (χ3v) is 9.35. The number of rotatable bonds is 7. The average molecular weight is 513 g/mol. The van der Waals surface area contributed by atoms with Crippen molar-refractivity contribution < 1.29 is 13.7 Å². The minimum Gasteiger partial charge on any atom is -0.496 e. The summed E-state index contributed by atoms with van der Waals surface area (Å²) in [4.78, 5) is 0. The van der Waals surface area contributed by atoms with E-state index >= 15 is 0 Å². The van der Waals surface area contributed by atoms with Gasteiger partial charge < -0.3 is 9.47 Å². The van der Waals surface area contributed by atoms with Crippen molar-refractivity contribution in [2.75, 3.05) is 13.7 Å². The zero-order chi connectivity index (χ0) is 23.0. The van der Waals surface area contributed by atoms with Gasteiger partial charge >= 0.3 is 0 Å². The molecule has 4 nitrogen and oxygen atoms in total. The zero-order valence-electron chi connectivity index (χ0n) is 19.8. The largest absolute Gasteiger partial charge is 0.496 e. The van der Waals surface area contributed by atoms with Crippen LogP contribution < -0.4 is 4.72 Å². The first-order valence-electron chi connectivity index (χ1n) is 11.4. The van der Waals surface area contributed by atoms with Crippen LogP contribution in [-0.4, -0.2) is 28.8 Å². The number of benzene rings is 1. The van der Waals surface area contributed by atoms with E-state index < -0.39 is 21.3 Å². The second kappa shape index (κ2) is 9.28. The Morgan fingerprint density at radius 2 is 2.06 bits per heavy atom. The predicted octanol–water partition coefficient (Wildman–Crippen LogP) is 6.01. The Balaban J connectivity index is 2.23. The maximum absolute atomic E-state index is 13.6. The molecular weight excluding hydrogens is 474 g/mol. The summed E-state index contributed by atoms with van der Waals surface area (Å²) >= 11 is 3.68. The second-order valence-electron chi connectivity index (χ2n) is 10.0. The lowest BCUT2D eigenvalue weighted by molar-refractivity contribution is -0.0544. The van der Waals surface area contributed by atoms with Crippen LogP contribution in [0.5, 0.6) is 0 Å². The average Bonchev–Trinajstić information content (AvgIpc) is 2.96. The van der Waals surface area contributed by atoms with Crippen LogP contribution in [0.15, 0.2) is 35.0 Å². The molecule has 1 aromatic rings. The molecule has 0 aliphatic heterocycles. The summed E-state index contributed by atoms with van der Waals surface area (Å²) in [7, 11) is 0.531. The number of hydrogen-bond acceptors (Lipinski definition) is 3. The molecule has 6 heteroatoms. The van der Waals surface area contributed by atoms with Gasteiger partial charge in [0.2, 0.25) is 0 Å². The fourth-order valence-corrected chi connectivity index (χ4v) is 7.07. The molecule has 1 aromatic carbocycles. The molecule has 0 heterocycles. The van der Waals surface area contributed by atoms with E-state index in [-0.39, 0.29) is 11.5 Å². The normalized spacial score (nSPS) is 31.5. The lowest BCUT2D eigenvalue weighted by Gasteiger charge is -2.53. The SMILES string of the molecule is C=C(OCC)C1(NS(=O)C(C)(C)C)c2cc(Br)ccc2CC12CCC(OC)C(CC)C2. The van der Waals surface area contributed by atoms with Crippen molar-refractivity contribution in [3.8, 4) is 0 Å². The summed E-state index contributed by atoms with van der Waals surface area (Å²) in [6.07, 6.45) is 5.17. The van der Waals surface area contributed by atoms with Crippen molar-refractivity contribution in [1.29, 1.82) is 0 Å². The van der Waals surface area contributed by atoms with E-state index in [0.717, 1.165) is 42.1 Å². The second-order valence-corrected chi connectivity index (χ2v) is 12.9. The minimum absolute atomic E-state index is 0.168. The van der Waals surface area contributed by atoms with Gasteiger partial charge in [-0.15, -0.1) is 0 Å². The van der Waals surface area contributed by atoms with Crippen LogP contribution in [0, 0.1) is 11.3 Å². The number of halogens is 1. The fraction of sp³-hybridized carbons (Fsp3) is 0.680. The van der Waals surface area contributed by atoms with E-state index in [4.69, 9.17) is 9.47 Å². The van der Waals surface area contributed by atoms with Crippen LogP contribution in [0.25, 0.3) is 0 Å². The van der Waals surface area contributed by atoms with Gasteiger partial charge in [-0.2, -0.15) is 0 Å². The predicted molar refractivity (Wildman–Crippen MR) is 132 cm³/mol. The first-order valence-corrected chi connectivity index (χ1v) is 13.3. The Labute approximate surface area is 199 Å². The highest BCUT2D eigenvalue weighted by atomic mass is 79.9. The van der Waals surface area contributed by atoms with E-state index in [2.05, 4.69) is 52.4 Å². The van der Waals surface area contributed by atoms with Gasteiger partial charge in [-0.25, -0.2) is 8.93 Å². The molecular formula is C25H38BrNO3S. The van der Waals surface area contributed by atoms with Crippen molar-refractivity contribution >= 4 is 26.9 Å². The van der Waals surface area contributed by atoms with Gasteiger partial charge in [-0.1, -0.05) is 41.9 Å². The molecule has 0 radical (unpaired) electrons. The Kier molecular flexibility index (Phi) is 7.47. The van der Waals surface area contributed by atoms with Gasteiger partial charge in [-0.05, 0) is 82.6 Å². The van der Waals surface area contributed by atoms with Crippen LogP contribution in [0.1, 0.15) is 71.4 Å². The number of nitrogens with one attached hydrogen (secondary N) is 1. The van der Waals surface area contributed by atoms with Crippen molar-refractivity contribution in [2.45, 2.75) is 83.1 Å². The maximum Gasteiger partial charge on any atom is 0.118 e. The molecule has 2 aliphatic rings. The van der Waals surface area contributed by atoms with E-state index in [9.17, 15) is 4.21 Å².